The third-order valence-electron chi connectivity index (χ3n) is 5.92. The fourth-order valence-corrected chi connectivity index (χ4v) is 4.88. The quantitative estimate of drug-likeness (QED) is 0.825. The van der Waals surface area contributed by atoms with E-state index >= 15 is 0 Å². The lowest BCUT2D eigenvalue weighted by Gasteiger charge is -2.48. The topological polar surface area (TPSA) is 55.4 Å². The van der Waals surface area contributed by atoms with Crippen LogP contribution in [0.15, 0.2) is 60.7 Å². The molecule has 2 aromatic carbocycles. The lowest BCUT2D eigenvalue weighted by atomic mass is 9.55. The summed E-state index contributed by atoms with van der Waals surface area (Å²) in [5.41, 5.74) is 1.99. The Bertz CT molecular complexity index is 769. The lowest BCUT2D eigenvalue weighted by molar-refractivity contribution is -0.159. The maximum absolute atomic E-state index is 13.0. The van der Waals surface area contributed by atoms with Gasteiger partial charge in [-0.05, 0) is 23.6 Å². The summed E-state index contributed by atoms with van der Waals surface area (Å²) in [6.45, 7) is 2.80. The van der Waals surface area contributed by atoms with E-state index in [2.05, 4.69) is 29.6 Å². The fraction of sp³-hybridized carbons (Fsp3) is 0.364. The molecule has 2 aromatic rings. The SMILES string of the molecule is CC(=O)OC1CC(c2ccccc2)(c2ccccc2)C2CNCC2C1=O.Cl. The number of hydrogen-bond acceptors (Lipinski definition) is 4. The molecule has 27 heavy (non-hydrogen) atoms. The Morgan fingerprint density at radius 1 is 1.00 bits per heavy atom. The molecule has 0 bridgehead atoms. The highest BCUT2D eigenvalue weighted by molar-refractivity contribution is 5.90. The van der Waals surface area contributed by atoms with Crippen LogP contribution in [0.4, 0.5) is 0 Å². The number of ketones is 1. The van der Waals surface area contributed by atoms with Crippen LogP contribution < -0.4 is 5.32 Å². The Morgan fingerprint density at radius 2 is 1.56 bits per heavy atom. The van der Waals surface area contributed by atoms with Gasteiger partial charge < -0.3 is 10.1 Å². The first kappa shape index (κ1) is 19.6. The van der Waals surface area contributed by atoms with Gasteiger partial charge in [0.15, 0.2) is 11.9 Å². The first-order chi connectivity index (χ1) is 12.6. The molecule has 1 heterocycles. The molecule has 1 saturated heterocycles. The smallest absolute Gasteiger partial charge is 0.303 e. The summed E-state index contributed by atoms with van der Waals surface area (Å²) in [4.78, 5) is 24.6. The summed E-state index contributed by atoms with van der Waals surface area (Å²) in [5.74, 6) is -0.347. The molecule has 0 spiro atoms. The third-order valence-corrected chi connectivity index (χ3v) is 5.92. The fourth-order valence-electron chi connectivity index (χ4n) is 4.88. The summed E-state index contributed by atoms with van der Waals surface area (Å²) >= 11 is 0. The van der Waals surface area contributed by atoms with Crippen LogP contribution in [-0.2, 0) is 19.7 Å². The molecule has 3 atom stereocenters. The van der Waals surface area contributed by atoms with Gasteiger partial charge in [0.2, 0.25) is 0 Å². The average molecular weight is 386 g/mol. The zero-order valence-corrected chi connectivity index (χ0v) is 16.1. The Balaban J connectivity index is 0.00000210. The summed E-state index contributed by atoms with van der Waals surface area (Å²) < 4.78 is 5.49. The Labute approximate surface area is 165 Å². The number of nitrogens with one attached hydrogen (secondary N) is 1. The van der Waals surface area contributed by atoms with Crippen molar-refractivity contribution in [3.05, 3.63) is 71.8 Å². The van der Waals surface area contributed by atoms with Gasteiger partial charge in [0.1, 0.15) is 0 Å². The number of rotatable bonds is 3. The number of esters is 1. The van der Waals surface area contributed by atoms with E-state index in [-0.39, 0.29) is 35.4 Å². The minimum Gasteiger partial charge on any atom is -0.454 e. The van der Waals surface area contributed by atoms with Crippen LogP contribution in [0, 0.1) is 11.8 Å². The summed E-state index contributed by atoms with van der Waals surface area (Å²) in [6.07, 6.45) is -0.212. The maximum Gasteiger partial charge on any atom is 0.303 e. The highest BCUT2D eigenvalue weighted by atomic mass is 35.5. The van der Waals surface area contributed by atoms with E-state index in [1.54, 1.807) is 0 Å². The van der Waals surface area contributed by atoms with Crippen LogP contribution in [0.5, 0.6) is 0 Å². The highest BCUT2D eigenvalue weighted by Crippen LogP contribution is 2.51. The summed E-state index contributed by atoms with van der Waals surface area (Å²) in [7, 11) is 0. The molecule has 0 radical (unpaired) electrons. The van der Waals surface area contributed by atoms with Crippen molar-refractivity contribution < 1.29 is 14.3 Å². The molecule has 1 saturated carbocycles. The molecule has 1 aliphatic heterocycles. The molecule has 0 aromatic heterocycles. The van der Waals surface area contributed by atoms with Crippen molar-refractivity contribution in [2.75, 3.05) is 13.1 Å². The number of carbonyl (C=O) groups excluding carboxylic acids is 2. The molecule has 1 N–H and O–H groups in total. The monoisotopic (exact) mass is 385 g/mol. The zero-order chi connectivity index (χ0) is 18.1. The van der Waals surface area contributed by atoms with Gasteiger partial charge in [-0.3, -0.25) is 9.59 Å². The van der Waals surface area contributed by atoms with Crippen molar-refractivity contribution in [3.8, 4) is 0 Å². The van der Waals surface area contributed by atoms with Gasteiger partial charge in [-0.2, -0.15) is 0 Å². The van der Waals surface area contributed by atoms with Crippen LogP contribution in [0.25, 0.3) is 0 Å². The van der Waals surface area contributed by atoms with Gasteiger partial charge in [-0.15, -0.1) is 12.4 Å². The highest BCUT2D eigenvalue weighted by Gasteiger charge is 2.57. The van der Waals surface area contributed by atoms with Crippen LogP contribution in [0.2, 0.25) is 0 Å². The Kier molecular flexibility index (Phi) is 5.68. The van der Waals surface area contributed by atoms with E-state index < -0.39 is 12.1 Å². The van der Waals surface area contributed by atoms with E-state index in [1.165, 1.54) is 18.1 Å². The van der Waals surface area contributed by atoms with E-state index in [4.69, 9.17) is 4.74 Å². The summed E-state index contributed by atoms with van der Waals surface area (Å²) in [6, 6.07) is 20.7. The van der Waals surface area contributed by atoms with E-state index in [9.17, 15) is 9.59 Å². The number of benzene rings is 2. The first-order valence-corrected chi connectivity index (χ1v) is 9.15. The molecular weight excluding hydrogens is 362 g/mol. The second kappa shape index (κ2) is 7.83. The number of Topliss-reactive ketones (excluding diaryl/α,β-unsaturated/α-hetero) is 1. The van der Waals surface area contributed by atoms with Gasteiger partial charge in [0.25, 0.3) is 0 Å². The van der Waals surface area contributed by atoms with E-state index in [0.29, 0.717) is 13.0 Å². The van der Waals surface area contributed by atoms with Crippen molar-refractivity contribution in [1.29, 1.82) is 0 Å². The van der Waals surface area contributed by atoms with Gasteiger partial charge in [-0.1, -0.05) is 60.7 Å². The van der Waals surface area contributed by atoms with Crippen molar-refractivity contribution in [1.82, 2.24) is 5.32 Å². The van der Waals surface area contributed by atoms with Crippen molar-refractivity contribution in [3.63, 3.8) is 0 Å². The molecule has 2 fully saturated rings. The number of halogens is 1. The summed E-state index contributed by atoms with van der Waals surface area (Å²) in [5, 5.41) is 3.40. The largest absolute Gasteiger partial charge is 0.454 e. The van der Waals surface area contributed by atoms with Gasteiger partial charge in [0.05, 0.1) is 0 Å². The van der Waals surface area contributed by atoms with Crippen LogP contribution >= 0.6 is 12.4 Å². The molecule has 5 heteroatoms. The molecule has 4 nitrogen and oxygen atoms in total. The number of ether oxygens (including phenoxy) is 1. The molecule has 2 aliphatic rings. The first-order valence-electron chi connectivity index (χ1n) is 9.15. The molecule has 142 valence electrons. The van der Waals surface area contributed by atoms with E-state index in [1.807, 2.05) is 36.4 Å². The minimum absolute atomic E-state index is 0. The molecule has 3 unspecified atom stereocenters. The van der Waals surface area contributed by atoms with Crippen LogP contribution in [0.1, 0.15) is 24.5 Å². The van der Waals surface area contributed by atoms with Crippen LogP contribution in [-0.4, -0.2) is 30.9 Å². The van der Waals surface area contributed by atoms with Crippen molar-refractivity contribution >= 4 is 24.2 Å². The number of hydrogen-bond donors (Lipinski definition) is 1. The molecule has 0 amide bonds. The minimum atomic E-state index is -0.700. The third kappa shape index (κ3) is 3.28. The van der Waals surface area contributed by atoms with E-state index in [0.717, 1.165) is 6.54 Å². The lowest BCUT2D eigenvalue weighted by Crippen LogP contribution is -2.54. The maximum atomic E-state index is 13.0. The zero-order valence-electron chi connectivity index (χ0n) is 15.3. The second-order valence-electron chi connectivity index (χ2n) is 7.28. The molecular formula is C22H24ClNO3. The Hall–Kier alpha value is -2.17. The van der Waals surface area contributed by atoms with Crippen molar-refractivity contribution in [2.24, 2.45) is 11.8 Å². The molecule has 1 aliphatic carbocycles. The van der Waals surface area contributed by atoms with Gasteiger partial charge in [-0.25, -0.2) is 0 Å². The number of fused-ring (bicyclic) bond motifs is 1. The van der Waals surface area contributed by atoms with Gasteiger partial charge in [0, 0.05) is 31.2 Å². The molecule has 4 rings (SSSR count). The van der Waals surface area contributed by atoms with Crippen LogP contribution in [0.3, 0.4) is 0 Å². The van der Waals surface area contributed by atoms with Crippen molar-refractivity contribution in [2.45, 2.75) is 24.9 Å². The normalized spacial score (nSPS) is 26.0. The Morgan fingerprint density at radius 3 is 2.07 bits per heavy atom. The average Bonchev–Trinajstić information content (AvgIpc) is 3.16. The number of carbonyl (C=O) groups is 2. The second-order valence-corrected chi connectivity index (χ2v) is 7.28. The predicted molar refractivity (Wildman–Crippen MR) is 106 cm³/mol. The predicted octanol–water partition coefficient (Wildman–Crippen LogP) is 3.13. The van der Waals surface area contributed by atoms with Gasteiger partial charge >= 0.3 is 5.97 Å². The standard InChI is InChI=1S/C22H23NO3.ClH/c1-15(24)26-20-12-22(16-8-4-2-5-9-16,17-10-6-3-7-11-17)19-14-23-13-18(19)21(20)25;/h2-11,18-20,23H,12-14H2,1H3;1H.